The summed E-state index contributed by atoms with van der Waals surface area (Å²) in [5.74, 6) is -0.256. The van der Waals surface area contributed by atoms with Gasteiger partial charge in [-0.05, 0) is 45.1 Å². The monoisotopic (exact) mass is 305 g/mol. The van der Waals surface area contributed by atoms with Gasteiger partial charge < -0.3 is 14.8 Å². The fraction of sp³-hybridized carbons (Fsp3) is 0.529. The van der Waals surface area contributed by atoms with Crippen LogP contribution in [-0.4, -0.2) is 23.7 Å². The molecule has 1 N–H and O–H groups in total. The molecule has 0 bridgehead atoms. The average Bonchev–Trinajstić information content (AvgIpc) is 3.26. The van der Waals surface area contributed by atoms with Crippen LogP contribution in [-0.2, 0) is 20.9 Å². The predicted molar refractivity (Wildman–Crippen MR) is 82.1 cm³/mol. The molecule has 1 atom stereocenters. The molecule has 1 aromatic rings. The number of rotatable bonds is 5. The molecule has 2 rings (SSSR count). The first-order valence-corrected chi connectivity index (χ1v) is 7.55. The smallest absolute Gasteiger partial charge is 0.408 e. The van der Waals surface area contributed by atoms with Crippen LogP contribution in [0.15, 0.2) is 30.3 Å². The van der Waals surface area contributed by atoms with E-state index in [1.807, 2.05) is 30.3 Å². The second-order valence-corrected chi connectivity index (χ2v) is 6.55. The summed E-state index contributed by atoms with van der Waals surface area (Å²) in [6.45, 7) is 5.56. The van der Waals surface area contributed by atoms with Crippen molar-refractivity contribution < 1.29 is 19.1 Å². The molecule has 0 spiro atoms. The Hall–Kier alpha value is -2.04. The molecule has 1 saturated carbocycles. The van der Waals surface area contributed by atoms with Crippen molar-refractivity contribution in [2.45, 2.75) is 51.9 Å². The topological polar surface area (TPSA) is 64.6 Å². The third-order valence-corrected chi connectivity index (χ3v) is 3.24. The van der Waals surface area contributed by atoms with E-state index in [2.05, 4.69) is 5.32 Å². The maximum atomic E-state index is 12.2. The van der Waals surface area contributed by atoms with Gasteiger partial charge in [-0.1, -0.05) is 30.3 Å². The van der Waals surface area contributed by atoms with Crippen LogP contribution in [0, 0.1) is 5.92 Å². The average molecular weight is 305 g/mol. The van der Waals surface area contributed by atoms with Crippen LogP contribution in [0.25, 0.3) is 0 Å². The number of nitrogens with one attached hydrogen (secondary N) is 1. The van der Waals surface area contributed by atoms with Gasteiger partial charge >= 0.3 is 12.1 Å². The highest BCUT2D eigenvalue weighted by Gasteiger charge is 2.39. The minimum absolute atomic E-state index is 0.149. The van der Waals surface area contributed by atoms with Crippen LogP contribution < -0.4 is 5.32 Å². The zero-order chi connectivity index (χ0) is 16.2. The van der Waals surface area contributed by atoms with Crippen molar-refractivity contribution >= 4 is 12.1 Å². The van der Waals surface area contributed by atoms with Gasteiger partial charge in [0.2, 0.25) is 0 Å². The van der Waals surface area contributed by atoms with Gasteiger partial charge in [0.25, 0.3) is 0 Å². The van der Waals surface area contributed by atoms with Crippen LogP contribution in [0.4, 0.5) is 4.79 Å². The molecule has 22 heavy (non-hydrogen) atoms. The summed E-state index contributed by atoms with van der Waals surface area (Å²) in [5.41, 5.74) is 0.328. The van der Waals surface area contributed by atoms with E-state index in [-0.39, 0.29) is 12.5 Å². The lowest BCUT2D eigenvalue weighted by molar-refractivity contribution is -0.148. The molecule has 1 aliphatic carbocycles. The van der Waals surface area contributed by atoms with Gasteiger partial charge in [0.05, 0.1) is 0 Å². The number of hydrogen-bond acceptors (Lipinski definition) is 4. The molecular formula is C17H23NO4. The molecule has 5 heteroatoms. The van der Waals surface area contributed by atoms with E-state index >= 15 is 0 Å². The van der Waals surface area contributed by atoms with Crippen molar-refractivity contribution in [2.24, 2.45) is 5.92 Å². The molecule has 5 nitrogen and oxygen atoms in total. The van der Waals surface area contributed by atoms with Crippen LogP contribution >= 0.6 is 0 Å². The number of alkyl carbamates (subject to hydrolysis) is 1. The van der Waals surface area contributed by atoms with Crippen LogP contribution in [0.3, 0.4) is 0 Å². The molecule has 1 unspecified atom stereocenters. The Bertz CT molecular complexity index is 517. The summed E-state index contributed by atoms with van der Waals surface area (Å²) in [6, 6.07) is 8.84. The Morgan fingerprint density at radius 3 is 2.41 bits per heavy atom. The van der Waals surface area contributed by atoms with Crippen molar-refractivity contribution in [1.29, 1.82) is 0 Å². The van der Waals surface area contributed by atoms with Gasteiger partial charge in [-0.3, -0.25) is 0 Å². The predicted octanol–water partition coefficient (Wildman–Crippen LogP) is 3.03. The summed E-state index contributed by atoms with van der Waals surface area (Å²) in [5, 5.41) is 2.64. The fourth-order valence-electron chi connectivity index (χ4n) is 2.05. The Balaban J connectivity index is 1.87. The molecule has 1 amide bonds. The van der Waals surface area contributed by atoms with Gasteiger partial charge in [0.1, 0.15) is 18.2 Å². The first kappa shape index (κ1) is 16.3. The lowest BCUT2D eigenvalue weighted by atomic mass is 10.2. The zero-order valence-electron chi connectivity index (χ0n) is 13.3. The number of benzene rings is 1. The van der Waals surface area contributed by atoms with Gasteiger partial charge in [-0.15, -0.1) is 0 Å². The number of carbonyl (C=O) groups excluding carboxylic acids is 2. The molecule has 0 saturated heterocycles. The second-order valence-electron chi connectivity index (χ2n) is 6.55. The third-order valence-electron chi connectivity index (χ3n) is 3.24. The summed E-state index contributed by atoms with van der Waals surface area (Å²) in [7, 11) is 0. The fourth-order valence-corrected chi connectivity index (χ4v) is 2.05. The summed E-state index contributed by atoms with van der Waals surface area (Å²) >= 11 is 0. The first-order chi connectivity index (χ1) is 10.3. The van der Waals surface area contributed by atoms with Crippen LogP contribution in [0.5, 0.6) is 0 Å². The molecule has 0 aromatic heterocycles. The molecule has 1 aromatic carbocycles. The number of carbonyl (C=O) groups is 2. The van der Waals surface area contributed by atoms with E-state index in [1.54, 1.807) is 20.8 Å². The van der Waals surface area contributed by atoms with E-state index in [0.717, 1.165) is 18.4 Å². The molecule has 0 heterocycles. The Morgan fingerprint density at radius 1 is 1.23 bits per heavy atom. The van der Waals surface area contributed by atoms with Crippen LogP contribution in [0.2, 0.25) is 0 Å². The normalized spacial score (nSPS) is 15.8. The standard InChI is InChI=1S/C17H23NO4/c1-17(2,3)22-16(20)18-14(13-9-10-13)15(19)21-11-12-7-5-4-6-8-12/h4-8,13-14H,9-11H2,1-3H3,(H,18,20). The highest BCUT2D eigenvalue weighted by molar-refractivity contribution is 5.82. The van der Waals surface area contributed by atoms with Gasteiger partial charge in [-0.25, -0.2) is 9.59 Å². The largest absolute Gasteiger partial charge is 0.459 e. The molecule has 0 aliphatic heterocycles. The van der Waals surface area contributed by atoms with E-state index in [1.165, 1.54) is 0 Å². The van der Waals surface area contributed by atoms with Crippen molar-refractivity contribution in [3.63, 3.8) is 0 Å². The number of ether oxygens (including phenoxy) is 2. The van der Waals surface area contributed by atoms with E-state index < -0.39 is 23.7 Å². The summed E-state index contributed by atoms with van der Waals surface area (Å²) in [4.78, 5) is 24.0. The number of amides is 1. The quantitative estimate of drug-likeness (QED) is 0.849. The van der Waals surface area contributed by atoms with Gasteiger partial charge in [0, 0.05) is 0 Å². The van der Waals surface area contributed by atoms with Crippen molar-refractivity contribution in [3.05, 3.63) is 35.9 Å². The lowest BCUT2D eigenvalue weighted by Crippen LogP contribution is -2.45. The maximum Gasteiger partial charge on any atom is 0.408 e. The zero-order valence-corrected chi connectivity index (χ0v) is 13.3. The highest BCUT2D eigenvalue weighted by Crippen LogP contribution is 2.33. The van der Waals surface area contributed by atoms with E-state index in [0.29, 0.717) is 0 Å². The molecule has 1 aliphatic rings. The number of esters is 1. The summed E-state index contributed by atoms with van der Waals surface area (Å²) in [6.07, 6.45) is 1.25. The Labute approximate surface area is 131 Å². The third kappa shape index (κ3) is 5.39. The minimum Gasteiger partial charge on any atom is -0.459 e. The van der Waals surface area contributed by atoms with Crippen molar-refractivity contribution in [3.8, 4) is 0 Å². The summed E-state index contributed by atoms with van der Waals surface area (Å²) < 4.78 is 10.5. The van der Waals surface area contributed by atoms with Gasteiger partial charge in [-0.2, -0.15) is 0 Å². The van der Waals surface area contributed by atoms with E-state index in [9.17, 15) is 9.59 Å². The highest BCUT2D eigenvalue weighted by atomic mass is 16.6. The first-order valence-electron chi connectivity index (χ1n) is 7.55. The molecule has 0 radical (unpaired) electrons. The SMILES string of the molecule is CC(C)(C)OC(=O)NC(C(=O)OCc1ccccc1)C1CC1. The Kier molecular flexibility index (Phi) is 5.06. The maximum absolute atomic E-state index is 12.2. The molecule has 1 fully saturated rings. The van der Waals surface area contributed by atoms with Gasteiger partial charge in [0.15, 0.2) is 0 Å². The van der Waals surface area contributed by atoms with E-state index in [4.69, 9.17) is 9.47 Å². The lowest BCUT2D eigenvalue weighted by Gasteiger charge is -2.22. The van der Waals surface area contributed by atoms with Crippen molar-refractivity contribution in [2.75, 3.05) is 0 Å². The number of hydrogen-bond donors (Lipinski definition) is 1. The Morgan fingerprint density at radius 2 is 1.86 bits per heavy atom. The minimum atomic E-state index is -0.626. The molecular weight excluding hydrogens is 282 g/mol. The van der Waals surface area contributed by atoms with Crippen LogP contribution in [0.1, 0.15) is 39.2 Å². The van der Waals surface area contributed by atoms with Crippen molar-refractivity contribution in [1.82, 2.24) is 5.32 Å². The molecule has 120 valence electrons. The second kappa shape index (κ2) is 6.81.